The second-order valence-corrected chi connectivity index (χ2v) is 3.49. The number of phenols is 1. The predicted octanol–water partition coefficient (Wildman–Crippen LogP) is 3.06. The molecule has 2 aromatic rings. The van der Waals surface area contributed by atoms with Gasteiger partial charge in [-0.25, -0.2) is 13.2 Å². The van der Waals surface area contributed by atoms with Crippen molar-refractivity contribution in [1.29, 1.82) is 0 Å². The highest BCUT2D eigenvalue weighted by molar-refractivity contribution is 5.77. The zero-order chi connectivity index (χ0) is 12.6. The van der Waals surface area contributed by atoms with Gasteiger partial charge in [0.15, 0.2) is 17.5 Å². The molecule has 0 saturated carbocycles. The highest BCUT2D eigenvalue weighted by Gasteiger charge is 2.17. The van der Waals surface area contributed by atoms with Gasteiger partial charge in [0, 0.05) is 5.56 Å². The number of nitrogens with two attached hydrogens (primary N) is 1. The van der Waals surface area contributed by atoms with Crippen LogP contribution in [0.4, 0.5) is 18.9 Å². The molecule has 88 valence electrons. The van der Waals surface area contributed by atoms with Crippen molar-refractivity contribution in [2.24, 2.45) is 0 Å². The largest absolute Gasteiger partial charge is 0.508 e. The fourth-order valence-corrected chi connectivity index (χ4v) is 1.49. The van der Waals surface area contributed by atoms with E-state index in [0.717, 1.165) is 6.07 Å². The minimum atomic E-state index is -1.59. The summed E-state index contributed by atoms with van der Waals surface area (Å²) in [5.41, 5.74) is 5.34. The molecule has 0 atom stereocenters. The fraction of sp³-hybridized carbons (Fsp3) is 0. The molecule has 0 amide bonds. The van der Waals surface area contributed by atoms with Crippen molar-refractivity contribution in [2.45, 2.75) is 0 Å². The molecule has 0 aromatic heterocycles. The van der Waals surface area contributed by atoms with E-state index in [0.29, 0.717) is 5.56 Å². The summed E-state index contributed by atoms with van der Waals surface area (Å²) < 4.78 is 39.2. The van der Waals surface area contributed by atoms with Gasteiger partial charge in [-0.1, -0.05) is 12.1 Å². The topological polar surface area (TPSA) is 46.2 Å². The second kappa shape index (κ2) is 4.01. The molecule has 0 bridgehead atoms. The Kier molecular flexibility index (Phi) is 2.67. The Bertz CT molecular complexity index is 567. The summed E-state index contributed by atoms with van der Waals surface area (Å²) in [7, 11) is 0. The quantitative estimate of drug-likeness (QED) is 0.593. The van der Waals surface area contributed by atoms with Crippen molar-refractivity contribution in [2.75, 3.05) is 5.73 Å². The molecule has 0 radical (unpaired) electrons. The first-order valence-electron chi connectivity index (χ1n) is 4.73. The number of rotatable bonds is 1. The van der Waals surface area contributed by atoms with Crippen LogP contribution in [0.1, 0.15) is 0 Å². The predicted molar refractivity (Wildman–Crippen MR) is 57.8 cm³/mol. The van der Waals surface area contributed by atoms with Crippen LogP contribution in [0.25, 0.3) is 11.1 Å². The first-order chi connectivity index (χ1) is 8.00. The summed E-state index contributed by atoms with van der Waals surface area (Å²) in [5, 5.41) is 9.09. The third-order valence-corrected chi connectivity index (χ3v) is 2.38. The molecular weight excluding hydrogens is 231 g/mol. The number of hydrogen-bond acceptors (Lipinski definition) is 2. The number of aromatic hydroxyl groups is 1. The average molecular weight is 239 g/mol. The molecule has 2 nitrogen and oxygen atoms in total. The van der Waals surface area contributed by atoms with Gasteiger partial charge in [0.25, 0.3) is 0 Å². The molecule has 0 fully saturated rings. The summed E-state index contributed by atoms with van der Waals surface area (Å²) in [6.07, 6.45) is 0. The minimum Gasteiger partial charge on any atom is -0.508 e. The van der Waals surface area contributed by atoms with Crippen LogP contribution >= 0.6 is 0 Å². The molecular formula is C12H8F3NO. The number of hydrogen-bond donors (Lipinski definition) is 2. The van der Waals surface area contributed by atoms with Crippen molar-refractivity contribution in [3.05, 3.63) is 47.8 Å². The normalized spacial score (nSPS) is 10.5. The molecule has 2 aromatic carbocycles. The number of halogens is 3. The smallest absolute Gasteiger partial charge is 0.196 e. The van der Waals surface area contributed by atoms with Crippen molar-refractivity contribution in [1.82, 2.24) is 0 Å². The van der Waals surface area contributed by atoms with Gasteiger partial charge >= 0.3 is 0 Å². The lowest BCUT2D eigenvalue weighted by Gasteiger charge is -2.08. The lowest BCUT2D eigenvalue weighted by atomic mass is 10.0. The lowest BCUT2D eigenvalue weighted by Crippen LogP contribution is -2.00. The van der Waals surface area contributed by atoms with Gasteiger partial charge < -0.3 is 10.8 Å². The van der Waals surface area contributed by atoms with Crippen LogP contribution in [0.5, 0.6) is 5.75 Å². The number of nitrogen functional groups attached to an aromatic ring is 1. The Balaban J connectivity index is 2.64. The molecule has 0 saturated heterocycles. The SMILES string of the molecule is Nc1c(-c2ccc(O)cc2)cc(F)c(F)c1F. The summed E-state index contributed by atoms with van der Waals surface area (Å²) in [4.78, 5) is 0. The Morgan fingerprint density at radius 2 is 1.53 bits per heavy atom. The van der Waals surface area contributed by atoms with E-state index in [9.17, 15) is 13.2 Å². The maximum atomic E-state index is 13.2. The van der Waals surface area contributed by atoms with Gasteiger partial charge in [0.2, 0.25) is 0 Å². The van der Waals surface area contributed by atoms with E-state index in [4.69, 9.17) is 10.8 Å². The van der Waals surface area contributed by atoms with Gasteiger partial charge in [0.05, 0.1) is 5.69 Å². The van der Waals surface area contributed by atoms with Crippen LogP contribution < -0.4 is 5.73 Å². The van der Waals surface area contributed by atoms with Gasteiger partial charge in [0.1, 0.15) is 5.75 Å². The van der Waals surface area contributed by atoms with Crippen LogP contribution in [0, 0.1) is 17.5 Å². The van der Waals surface area contributed by atoms with Crippen molar-refractivity contribution < 1.29 is 18.3 Å². The highest BCUT2D eigenvalue weighted by Crippen LogP contribution is 2.31. The van der Waals surface area contributed by atoms with E-state index in [2.05, 4.69) is 0 Å². The number of benzene rings is 2. The Morgan fingerprint density at radius 1 is 0.941 bits per heavy atom. The van der Waals surface area contributed by atoms with Crippen LogP contribution in [0.2, 0.25) is 0 Å². The standard InChI is InChI=1S/C12H8F3NO/c13-9-5-8(12(16)11(15)10(9)14)6-1-3-7(17)4-2-6/h1-5,17H,16H2. The summed E-state index contributed by atoms with van der Waals surface area (Å²) in [6.45, 7) is 0. The number of phenolic OH excluding ortho intramolecular Hbond substituents is 1. The molecule has 17 heavy (non-hydrogen) atoms. The second-order valence-electron chi connectivity index (χ2n) is 3.49. The minimum absolute atomic E-state index is 0.00961. The summed E-state index contributed by atoms with van der Waals surface area (Å²) in [5.74, 6) is -4.30. The molecule has 0 unspecified atom stereocenters. The van der Waals surface area contributed by atoms with Crippen molar-refractivity contribution in [3.8, 4) is 16.9 Å². The molecule has 0 aliphatic heterocycles. The maximum Gasteiger partial charge on any atom is 0.196 e. The van der Waals surface area contributed by atoms with Gasteiger partial charge in [-0.05, 0) is 23.8 Å². The van der Waals surface area contributed by atoms with Gasteiger partial charge in [-0.3, -0.25) is 0 Å². The molecule has 0 aliphatic rings. The van der Waals surface area contributed by atoms with Crippen molar-refractivity contribution >= 4 is 5.69 Å². The van der Waals surface area contributed by atoms with E-state index < -0.39 is 23.1 Å². The molecule has 0 aliphatic carbocycles. The van der Waals surface area contributed by atoms with Crippen LogP contribution in [0.15, 0.2) is 30.3 Å². The monoisotopic (exact) mass is 239 g/mol. The zero-order valence-electron chi connectivity index (χ0n) is 8.55. The third kappa shape index (κ3) is 1.91. The Morgan fingerprint density at radius 3 is 2.12 bits per heavy atom. The number of anilines is 1. The molecule has 0 spiro atoms. The van der Waals surface area contributed by atoms with Crippen LogP contribution in [0.3, 0.4) is 0 Å². The summed E-state index contributed by atoms with van der Waals surface area (Å²) >= 11 is 0. The zero-order valence-corrected chi connectivity index (χ0v) is 8.55. The van der Waals surface area contributed by atoms with E-state index >= 15 is 0 Å². The van der Waals surface area contributed by atoms with E-state index in [1.54, 1.807) is 0 Å². The van der Waals surface area contributed by atoms with Crippen LogP contribution in [-0.4, -0.2) is 5.11 Å². The van der Waals surface area contributed by atoms with Gasteiger partial charge in [-0.15, -0.1) is 0 Å². The molecule has 5 heteroatoms. The van der Waals surface area contributed by atoms with Gasteiger partial charge in [-0.2, -0.15) is 0 Å². The average Bonchev–Trinajstić information content (AvgIpc) is 2.32. The molecule has 0 heterocycles. The van der Waals surface area contributed by atoms with E-state index in [-0.39, 0.29) is 11.3 Å². The molecule has 2 rings (SSSR count). The van der Waals surface area contributed by atoms with E-state index in [1.165, 1.54) is 24.3 Å². The molecule has 3 N–H and O–H groups in total. The first-order valence-corrected chi connectivity index (χ1v) is 4.73. The first kappa shape index (κ1) is 11.3. The Hall–Kier alpha value is -2.17. The van der Waals surface area contributed by atoms with Crippen LogP contribution in [-0.2, 0) is 0 Å². The fourth-order valence-electron chi connectivity index (χ4n) is 1.49. The maximum absolute atomic E-state index is 13.2. The highest BCUT2D eigenvalue weighted by atomic mass is 19.2. The third-order valence-electron chi connectivity index (χ3n) is 2.38. The Labute approximate surface area is 95.1 Å². The van der Waals surface area contributed by atoms with E-state index in [1.807, 2.05) is 0 Å². The van der Waals surface area contributed by atoms with Crippen molar-refractivity contribution in [3.63, 3.8) is 0 Å². The summed E-state index contributed by atoms with van der Waals surface area (Å²) in [6, 6.07) is 6.36. The lowest BCUT2D eigenvalue weighted by molar-refractivity contribution is 0.450.